The zero-order valence-corrected chi connectivity index (χ0v) is 37.5. The van der Waals surface area contributed by atoms with Crippen molar-refractivity contribution in [2.45, 2.75) is 108 Å². The molecule has 9 nitrogen and oxygen atoms in total. The highest BCUT2D eigenvalue weighted by Gasteiger charge is 2.17. The van der Waals surface area contributed by atoms with Gasteiger partial charge in [-0.05, 0) is 121 Å². The molecule has 4 aromatic carbocycles. The summed E-state index contributed by atoms with van der Waals surface area (Å²) in [5.41, 5.74) is 12.7. The summed E-state index contributed by atoms with van der Waals surface area (Å²) >= 11 is 1.74. The molecular weight excluding hydrogens is 769 g/mol. The molecule has 2 amide bonds. The molecule has 5 aromatic rings. The van der Waals surface area contributed by atoms with E-state index in [-0.39, 0.29) is 25.3 Å². The Balaban J connectivity index is -0.000000910. The van der Waals surface area contributed by atoms with E-state index in [1.165, 1.54) is 37.3 Å². The maximum absolute atomic E-state index is 13.0. The average Bonchev–Trinajstić information content (AvgIpc) is 3.75. The molecule has 5 rings (SSSR count). The third-order valence-corrected chi connectivity index (χ3v) is 8.26. The number of nitrogens with one attached hydrogen (secondary N) is 2. The molecular formula is C50H70N4O5S. The molecule has 1 heterocycles. The van der Waals surface area contributed by atoms with Gasteiger partial charge in [0.2, 0.25) is 0 Å². The number of hydrogen-bond acceptors (Lipinski definition) is 7. The van der Waals surface area contributed by atoms with Crippen LogP contribution >= 0.6 is 11.3 Å². The van der Waals surface area contributed by atoms with Gasteiger partial charge in [-0.25, -0.2) is 0 Å². The number of unbranched alkanes of at least 4 members (excludes halogenated alkanes) is 1. The van der Waals surface area contributed by atoms with Gasteiger partial charge in [-0.3, -0.25) is 14.4 Å². The Morgan fingerprint density at radius 2 is 1.38 bits per heavy atom. The largest absolute Gasteiger partial charge is 0.481 e. The van der Waals surface area contributed by atoms with E-state index in [1.807, 2.05) is 96.1 Å². The molecule has 0 unspecified atom stereocenters. The topological polar surface area (TPSA) is 162 Å². The second-order valence-corrected chi connectivity index (χ2v) is 13.0. The number of thiophene rings is 1. The quantitative estimate of drug-likeness (QED) is 0.0803. The van der Waals surface area contributed by atoms with Crippen molar-refractivity contribution in [2.75, 3.05) is 12.3 Å². The van der Waals surface area contributed by atoms with E-state index in [4.69, 9.17) is 20.4 Å². The summed E-state index contributed by atoms with van der Waals surface area (Å²) in [6.45, 7) is 19.3. The van der Waals surface area contributed by atoms with Crippen molar-refractivity contribution >= 4 is 41.1 Å². The molecule has 1 atom stereocenters. The Morgan fingerprint density at radius 3 is 1.85 bits per heavy atom. The normalized spacial score (nSPS) is 9.35. The number of amides is 2. The number of aliphatic carboxylic acids is 1. The maximum atomic E-state index is 13.0. The van der Waals surface area contributed by atoms with Gasteiger partial charge in [-0.1, -0.05) is 116 Å². The van der Waals surface area contributed by atoms with Crippen molar-refractivity contribution in [1.29, 1.82) is 5.26 Å². The highest BCUT2D eigenvalue weighted by atomic mass is 32.1. The van der Waals surface area contributed by atoms with Crippen LogP contribution in [0, 0.1) is 18.3 Å². The van der Waals surface area contributed by atoms with Gasteiger partial charge in [0, 0.05) is 30.3 Å². The molecule has 0 saturated carbocycles. The summed E-state index contributed by atoms with van der Waals surface area (Å²) in [7, 11) is 0. The fraction of sp³-hybridized carbons (Fsp3) is 0.340. The van der Waals surface area contributed by atoms with Crippen LogP contribution in [0.5, 0.6) is 0 Å². The second-order valence-electron chi connectivity index (χ2n) is 12.2. The fourth-order valence-electron chi connectivity index (χ4n) is 4.72. The lowest BCUT2D eigenvalue weighted by Gasteiger charge is -2.16. The number of carbonyl (C=O) groups excluding carboxylic acids is 3. The number of nitriles is 1. The maximum Gasteiger partial charge on any atom is 0.300 e. The zero-order chi connectivity index (χ0) is 45.0. The lowest BCUT2D eigenvalue weighted by Crippen LogP contribution is -2.28. The van der Waals surface area contributed by atoms with Crippen LogP contribution in [0.1, 0.15) is 138 Å². The van der Waals surface area contributed by atoms with Crippen molar-refractivity contribution in [3.05, 3.63) is 147 Å². The summed E-state index contributed by atoms with van der Waals surface area (Å²) in [5.74, 6) is -1.36. The predicted octanol–water partition coefficient (Wildman–Crippen LogP) is 12.5. The smallest absolute Gasteiger partial charge is 0.300 e. The number of carboxylic acids is 1. The molecule has 0 bridgehead atoms. The van der Waals surface area contributed by atoms with E-state index in [2.05, 4.69) is 59.5 Å². The molecule has 0 spiro atoms. The summed E-state index contributed by atoms with van der Waals surface area (Å²) in [6.07, 6.45) is 5.26. The molecule has 60 heavy (non-hydrogen) atoms. The monoisotopic (exact) mass is 839 g/mol. The van der Waals surface area contributed by atoms with E-state index in [0.717, 1.165) is 30.9 Å². The number of aldehydes is 1. The second kappa shape index (κ2) is 37.2. The van der Waals surface area contributed by atoms with E-state index in [0.29, 0.717) is 34.4 Å². The molecule has 10 heteroatoms. The minimum Gasteiger partial charge on any atom is -0.481 e. The van der Waals surface area contributed by atoms with Crippen molar-refractivity contribution in [1.82, 2.24) is 10.6 Å². The Bertz CT molecular complexity index is 1900. The van der Waals surface area contributed by atoms with Crippen LogP contribution in [-0.2, 0) is 16.0 Å². The number of carbonyl (C=O) groups is 4. The molecule has 326 valence electrons. The van der Waals surface area contributed by atoms with Gasteiger partial charge in [0.05, 0.1) is 17.7 Å². The van der Waals surface area contributed by atoms with Crippen LogP contribution in [0.2, 0.25) is 0 Å². The van der Waals surface area contributed by atoms with Crippen LogP contribution in [-0.4, -0.2) is 35.7 Å². The lowest BCUT2D eigenvalue weighted by atomic mass is 9.95. The number of nitrogens with two attached hydrogens (primary N) is 1. The summed E-state index contributed by atoms with van der Waals surface area (Å²) in [4.78, 5) is 43.5. The SMILES string of the molecule is C.CC.CC.CC(=O)O.CC=O.CCCCc1ccc(N)cc1.CCCNC(=O)c1cc(C(=O)N[C@H](C)c2ccccc2)cc(-c2ccccc2C#N)c1.Cc1ccsc1. The first-order valence-electron chi connectivity index (χ1n) is 20.1. The molecule has 0 radical (unpaired) electrons. The standard InChI is InChI=1S/C26H25N3O2.C10H15N.C5H6S.C2H4O2.C2H4O.2C2H6.CH4/c1-3-13-28-25(30)22-14-21(24-12-8-7-11-20(24)17-27)15-23(16-22)26(31)29-18(2)19-9-5-4-6-10-19;1-2-3-4-9-5-7-10(11)8-6-9;1-5-2-3-6-4-5;1-2(3)4;1-2-3;2*1-2;/h4-12,14-16,18H,3,13H2,1-2H3,(H,28,30)(H,29,31);5-8H,2-4,11H2,1H3;2-4H,1H3;1H3,(H,3,4);2H,1H3;2*1-2H3;1H4/t18-;;;;;;;/m1......./s1. The molecule has 0 saturated heterocycles. The number of nitrogens with zero attached hydrogens (tertiary/aromatic N) is 1. The molecule has 0 aliphatic carbocycles. The third-order valence-electron chi connectivity index (χ3n) is 7.46. The number of rotatable bonds is 10. The number of anilines is 1. The number of hydrogen-bond donors (Lipinski definition) is 4. The number of nitrogen functional groups attached to an aromatic ring is 1. The van der Waals surface area contributed by atoms with Crippen LogP contribution in [0.25, 0.3) is 11.1 Å². The first kappa shape index (κ1) is 58.3. The van der Waals surface area contributed by atoms with Crippen LogP contribution in [0.3, 0.4) is 0 Å². The molecule has 0 fully saturated rings. The first-order valence-corrected chi connectivity index (χ1v) is 21.1. The minimum absolute atomic E-state index is 0. The third kappa shape index (κ3) is 26.1. The zero-order valence-electron chi connectivity index (χ0n) is 36.7. The lowest BCUT2D eigenvalue weighted by molar-refractivity contribution is -0.134. The van der Waals surface area contributed by atoms with E-state index >= 15 is 0 Å². The van der Waals surface area contributed by atoms with Crippen molar-refractivity contribution in [2.24, 2.45) is 0 Å². The fourth-order valence-corrected chi connectivity index (χ4v) is 5.39. The highest BCUT2D eigenvalue weighted by Crippen LogP contribution is 2.26. The van der Waals surface area contributed by atoms with E-state index in [9.17, 15) is 14.9 Å². The van der Waals surface area contributed by atoms with Gasteiger partial charge in [-0.15, -0.1) is 0 Å². The molecule has 0 aliphatic heterocycles. The predicted molar refractivity (Wildman–Crippen MR) is 255 cm³/mol. The molecule has 5 N–H and O–H groups in total. The van der Waals surface area contributed by atoms with Crippen molar-refractivity contribution in [3.8, 4) is 17.2 Å². The number of carboxylic acid groups (broad SMARTS) is 1. The summed E-state index contributed by atoms with van der Waals surface area (Å²) in [5, 5.41) is 27.0. The molecule has 0 aliphatic rings. The van der Waals surface area contributed by atoms with Gasteiger partial charge in [-0.2, -0.15) is 16.6 Å². The number of aryl methyl sites for hydroxylation is 2. The Labute approximate surface area is 365 Å². The highest BCUT2D eigenvalue weighted by molar-refractivity contribution is 7.07. The number of benzene rings is 4. The summed E-state index contributed by atoms with van der Waals surface area (Å²) in [6, 6.07) is 34.1. The van der Waals surface area contributed by atoms with Gasteiger partial charge in [0.1, 0.15) is 6.29 Å². The van der Waals surface area contributed by atoms with Gasteiger partial charge in [0.15, 0.2) is 0 Å². The van der Waals surface area contributed by atoms with Gasteiger partial charge >= 0.3 is 0 Å². The Kier molecular flexibility index (Phi) is 36.2. The minimum atomic E-state index is -0.833. The van der Waals surface area contributed by atoms with Crippen molar-refractivity contribution < 1.29 is 24.3 Å². The van der Waals surface area contributed by atoms with Crippen molar-refractivity contribution in [3.63, 3.8) is 0 Å². The van der Waals surface area contributed by atoms with Crippen LogP contribution in [0.4, 0.5) is 5.69 Å². The van der Waals surface area contributed by atoms with E-state index < -0.39 is 5.97 Å². The Morgan fingerprint density at radius 1 is 0.850 bits per heavy atom. The van der Waals surface area contributed by atoms with Crippen LogP contribution in [0.15, 0.2) is 114 Å². The first-order chi connectivity index (χ1) is 28.4. The van der Waals surface area contributed by atoms with Crippen LogP contribution < -0.4 is 16.4 Å². The average molecular weight is 839 g/mol. The van der Waals surface area contributed by atoms with Gasteiger partial charge < -0.3 is 26.3 Å². The Hall–Kier alpha value is -6.05. The molecule has 1 aromatic heterocycles. The van der Waals surface area contributed by atoms with E-state index in [1.54, 1.807) is 41.7 Å². The van der Waals surface area contributed by atoms with Gasteiger partial charge in [0.25, 0.3) is 17.8 Å². The summed E-state index contributed by atoms with van der Waals surface area (Å²) < 4.78 is 0.